The molecule has 0 spiro atoms. The smallest absolute Gasteiger partial charge is 0.0386 e. The summed E-state index contributed by atoms with van der Waals surface area (Å²) < 4.78 is 0. The molecule has 0 heteroatoms. The lowest BCUT2D eigenvalue weighted by atomic mass is 9.73. The Balaban J connectivity index is 1.76. The van der Waals surface area contributed by atoms with E-state index >= 15 is 0 Å². The molecule has 2 aliphatic carbocycles. The van der Waals surface area contributed by atoms with Crippen LogP contribution in [-0.4, -0.2) is 0 Å². The second-order valence-electron chi connectivity index (χ2n) is 5.76. The van der Waals surface area contributed by atoms with E-state index in [0.717, 1.165) is 17.8 Å². The van der Waals surface area contributed by atoms with Crippen LogP contribution in [0, 0.1) is 17.8 Å². The van der Waals surface area contributed by atoms with Crippen molar-refractivity contribution in [3.8, 4) is 0 Å². The summed E-state index contributed by atoms with van der Waals surface area (Å²) in [5.74, 6) is 3.23. The average Bonchev–Trinajstić information content (AvgIpc) is 2.23. The number of hydrogen-bond acceptors (Lipinski definition) is 0. The van der Waals surface area contributed by atoms with Gasteiger partial charge in [-0.05, 0) is 24.2 Å². The zero-order chi connectivity index (χ0) is 9.80. The van der Waals surface area contributed by atoms with Crippen LogP contribution in [0.15, 0.2) is 0 Å². The fraction of sp³-hybridized carbons (Fsp3) is 1.00. The molecule has 0 saturated heterocycles. The van der Waals surface area contributed by atoms with E-state index in [4.69, 9.17) is 0 Å². The van der Waals surface area contributed by atoms with Crippen molar-refractivity contribution in [2.75, 3.05) is 0 Å². The second kappa shape index (κ2) is 5.19. The first-order valence-corrected chi connectivity index (χ1v) is 6.86. The maximum absolute atomic E-state index is 2.49. The summed E-state index contributed by atoms with van der Waals surface area (Å²) in [4.78, 5) is 0. The molecule has 0 radical (unpaired) electrons. The fourth-order valence-electron chi connectivity index (χ4n) is 3.59. The minimum absolute atomic E-state index is 1.03. The van der Waals surface area contributed by atoms with Crippen LogP contribution >= 0.6 is 0 Å². The summed E-state index contributed by atoms with van der Waals surface area (Å²) in [5.41, 5.74) is 0. The maximum atomic E-state index is 2.49. The lowest BCUT2D eigenvalue weighted by molar-refractivity contribution is 0.189. The van der Waals surface area contributed by atoms with E-state index in [0.29, 0.717) is 0 Å². The largest absolute Gasteiger partial charge is 0.0622 e. The molecule has 2 fully saturated rings. The van der Waals surface area contributed by atoms with Gasteiger partial charge in [0.15, 0.2) is 0 Å². The zero-order valence-corrected chi connectivity index (χ0v) is 9.80. The molecule has 0 unspecified atom stereocenters. The van der Waals surface area contributed by atoms with E-state index < -0.39 is 0 Å². The van der Waals surface area contributed by atoms with Gasteiger partial charge in [-0.2, -0.15) is 0 Å². The quantitative estimate of drug-likeness (QED) is 0.593. The molecular formula is C14H26. The molecule has 0 aromatic rings. The minimum atomic E-state index is 1.03. The summed E-state index contributed by atoms with van der Waals surface area (Å²) in [7, 11) is 0. The average molecular weight is 194 g/mol. The predicted octanol–water partition coefficient (Wildman–Crippen LogP) is 4.78. The SMILES string of the molecule is C[C@@H]1CCCC[C@H]1CC1CCCCC1. The van der Waals surface area contributed by atoms with Crippen molar-refractivity contribution in [2.45, 2.75) is 71.1 Å². The van der Waals surface area contributed by atoms with E-state index in [1.54, 1.807) is 19.3 Å². The molecule has 2 aliphatic rings. The van der Waals surface area contributed by atoms with Gasteiger partial charge in [0, 0.05) is 0 Å². The van der Waals surface area contributed by atoms with E-state index in [2.05, 4.69) is 6.92 Å². The third-order valence-electron chi connectivity index (χ3n) is 4.65. The van der Waals surface area contributed by atoms with Gasteiger partial charge in [-0.25, -0.2) is 0 Å². The van der Waals surface area contributed by atoms with Gasteiger partial charge in [0.2, 0.25) is 0 Å². The lowest BCUT2D eigenvalue weighted by Gasteiger charge is -2.33. The summed E-state index contributed by atoms with van der Waals surface area (Å²) >= 11 is 0. The van der Waals surface area contributed by atoms with Gasteiger partial charge in [0.1, 0.15) is 0 Å². The third-order valence-corrected chi connectivity index (χ3v) is 4.65. The Morgan fingerprint density at radius 1 is 0.786 bits per heavy atom. The molecule has 0 aromatic heterocycles. The second-order valence-corrected chi connectivity index (χ2v) is 5.76. The number of hydrogen-bond donors (Lipinski definition) is 0. The van der Waals surface area contributed by atoms with Crippen molar-refractivity contribution in [3.63, 3.8) is 0 Å². The molecule has 2 atom stereocenters. The van der Waals surface area contributed by atoms with E-state index in [1.165, 1.54) is 44.9 Å². The van der Waals surface area contributed by atoms with Gasteiger partial charge in [-0.15, -0.1) is 0 Å². The highest BCUT2D eigenvalue weighted by Crippen LogP contribution is 2.37. The summed E-state index contributed by atoms with van der Waals surface area (Å²) in [6.07, 6.45) is 15.3. The monoisotopic (exact) mass is 194 g/mol. The summed E-state index contributed by atoms with van der Waals surface area (Å²) in [5, 5.41) is 0. The maximum Gasteiger partial charge on any atom is -0.0386 e. The first-order valence-electron chi connectivity index (χ1n) is 6.86. The molecule has 0 heterocycles. The highest BCUT2D eigenvalue weighted by atomic mass is 14.3. The predicted molar refractivity (Wildman–Crippen MR) is 62.3 cm³/mol. The molecule has 0 nitrogen and oxygen atoms in total. The van der Waals surface area contributed by atoms with Crippen LogP contribution in [0.3, 0.4) is 0 Å². The topological polar surface area (TPSA) is 0 Å². The zero-order valence-electron chi connectivity index (χ0n) is 9.80. The van der Waals surface area contributed by atoms with E-state index in [1.807, 2.05) is 0 Å². The van der Waals surface area contributed by atoms with Gasteiger partial charge in [0.05, 0.1) is 0 Å². The van der Waals surface area contributed by atoms with Gasteiger partial charge in [-0.3, -0.25) is 0 Å². The van der Waals surface area contributed by atoms with Crippen molar-refractivity contribution >= 4 is 0 Å². The van der Waals surface area contributed by atoms with Gasteiger partial charge in [-0.1, -0.05) is 64.7 Å². The standard InChI is InChI=1S/C14H26/c1-12-7-5-6-10-14(12)11-13-8-3-2-4-9-13/h12-14H,2-11H2,1H3/t12-,14+/m1/s1. The molecular weight excluding hydrogens is 168 g/mol. The fourth-order valence-corrected chi connectivity index (χ4v) is 3.59. The van der Waals surface area contributed by atoms with Crippen LogP contribution in [0.2, 0.25) is 0 Å². The van der Waals surface area contributed by atoms with Crippen LogP contribution in [0.1, 0.15) is 71.1 Å². The minimum Gasteiger partial charge on any atom is -0.0622 e. The van der Waals surface area contributed by atoms with Crippen molar-refractivity contribution < 1.29 is 0 Å². The van der Waals surface area contributed by atoms with Crippen molar-refractivity contribution in [2.24, 2.45) is 17.8 Å². The normalized spacial score (nSPS) is 35.8. The Morgan fingerprint density at radius 3 is 2.14 bits per heavy atom. The number of rotatable bonds is 2. The molecule has 0 aromatic carbocycles. The molecule has 14 heavy (non-hydrogen) atoms. The molecule has 82 valence electrons. The molecule has 2 rings (SSSR count). The van der Waals surface area contributed by atoms with Crippen LogP contribution in [0.5, 0.6) is 0 Å². The third kappa shape index (κ3) is 2.74. The van der Waals surface area contributed by atoms with Crippen LogP contribution < -0.4 is 0 Å². The molecule has 0 amide bonds. The van der Waals surface area contributed by atoms with E-state index in [9.17, 15) is 0 Å². The molecule has 0 aliphatic heterocycles. The Bertz CT molecular complexity index is 155. The van der Waals surface area contributed by atoms with E-state index in [-0.39, 0.29) is 0 Å². The van der Waals surface area contributed by atoms with Crippen LogP contribution in [0.25, 0.3) is 0 Å². The van der Waals surface area contributed by atoms with Gasteiger partial charge >= 0.3 is 0 Å². The Labute approximate surface area is 89.5 Å². The Kier molecular flexibility index (Phi) is 3.89. The van der Waals surface area contributed by atoms with Crippen molar-refractivity contribution in [1.29, 1.82) is 0 Å². The first-order chi connectivity index (χ1) is 6.86. The van der Waals surface area contributed by atoms with Crippen molar-refractivity contribution in [1.82, 2.24) is 0 Å². The highest BCUT2D eigenvalue weighted by Gasteiger charge is 2.25. The Morgan fingerprint density at radius 2 is 1.43 bits per heavy atom. The van der Waals surface area contributed by atoms with Crippen LogP contribution in [0.4, 0.5) is 0 Å². The van der Waals surface area contributed by atoms with Gasteiger partial charge in [0.25, 0.3) is 0 Å². The van der Waals surface area contributed by atoms with Crippen molar-refractivity contribution in [3.05, 3.63) is 0 Å². The summed E-state index contributed by atoms with van der Waals surface area (Å²) in [6, 6.07) is 0. The first kappa shape index (κ1) is 10.5. The Hall–Kier alpha value is 0. The van der Waals surface area contributed by atoms with Crippen LogP contribution in [-0.2, 0) is 0 Å². The molecule has 0 bridgehead atoms. The highest BCUT2D eigenvalue weighted by molar-refractivity contribution is 4.76. The molecule has 0 N–H and O–H groups in total. The lowest BCUT2D eigenvalue weighted by Crippen LogP contribution is -2.21. The van der Waals surface area contributed by atoms with Gasteiger partial charge < -0.3 is 0 Å². The molecule has 2 saturated carbocycles. The summed E-state index contributed by atoms with van der Waals surface area (Å²) in [6.45, 7) is 2.49.